The van der Waals surface area contributed by atoms with E-state index in [0.717, 1.165) is 53.1 Å². The molecule has 0 spiro atoms. The third kappa shape index (κ3) is 3.36. The van der Waals surface area contributed by atoms with Gasteiger partial charge in [0.15, 0.2) is 11.5 Å². The van der Waals surface area contributed by atoms with E-state index in [1.54, 1.807) is 12.5 Å². The van der Waals surface area contributed by atoms with Crippen molar-refractivity contribution in [3.05, 3.63) is 53.4 Å². The van der Waals surface area contributed by atoms with Gasteiger partial charge in [-0.2, -0.15) is 0 Å². The van der Waals surface area contributed by atoms with Crippen molar-refractivity contribution in [2.24, 2.45) is 0 Å². The largest absolute Gasteiger partial charge is 0.360 e. The number of unbranched alkanes of at least 4 members (excludes halogenated alkanes) is 1. The van der Waals surface area contributed by atoms with Crippen molar-refractivity contribution in [2.45, 2.75) is 26.7 Å². The number of pyridine rings is 1. The standard InChI is InChI=1S/C21H23ClN6/c1-4-5-11-27(3)18-10-9-16-21(25-18)28-13-23-12-17(28)20(24-16)26-19-14(2)7-6-8-15(19)22/h6-10,12-13H,4-5,11H2,1-3H3,(H,24,26). The topological polar surface area (TPSA) is 58.4 Å². The summed E-state index contributed by atoms with van der Waals surface area (Å²) in [6.45, 7) is 5.18. The van der Waals surface area contributed by atoms with Gasteiger partial charge in [0.1, 0.15) is 23.2 Å². The molecule has 4 aromatic rings. The van der Waals surface area contributed by atoms with E-state index >= 15 is 0 Å². The van der Waals surface area contributed by atoms with Gasteiger partial charge in [-0.05, 0) is 37.1 Å². The van der Waals surface area contributed by atoms with Crippen LogP contribution in [0.4, 0.5) is 17.3 Å². The summed E-state index contributed by atoms with van der Waals surface area (Å²) in [6.07, 6.45) is 5.85. The minimum atomic E-state index is 0.658. The van der Waals surface area contributed by atoms with Crippen molar-refractivity contribution in [3.63, 3.8) is 0 Å². The zero-order valence-corrected chi connectivity index (χ0v) is 17.0. The molecule has 0 saturated heterocycles. The van der Waals surface area contributed by atoms with Gasteiger partial charge in [0.2, 0.25) is 0 Å². The van der Waals surface area contributed by atoms with Crippen LogP contribution in [0, 0.1) is 6.92 Å². The summed E-state index contributed by atoms with van der Waals surface area (Å²) in [4.78, 5) is 16.1. The Morgan fingerprint density at radius 3 is 2.82 bits per heavy atom. The molecule has 28 heavy (non-hydrogen) atoms. The summed E-state index contributed by atoms with van der Waals surface area (Å²) in [6, 6.07) is 9.84. The van der Waals surface area contributed by atoms with Crippen LogP contribution >= 0.6 is 11.6 Å². The number of imidazole rings is 1. The van der Waals surface area contributed by atoms with Gasteiger partial charge in [-0.25, -0.2) is 15.0 Å². The first-order valence-corrected chi connectivity index (χ1v) is 9.82. The Morgan fingerprint density at radius 1 is 1.18 bits per heavy atom. The second-order valence-corrected chi connectivity index (χ2v) is 7.36. The summed E-state index contributed by atoms with van der Waals surface area (Å²) in [5.74, 6) is 1.63. The first-order valence-electron chi connectivity index (χ1n) is 9.44. The molecule has 0 fully saturated rings. The lowest BCUT2D eigenvalue weighted by atomic mass is 10.2. The number of halogens is 1. The zero-order valence-electron chi connectivity index (χ0n) is 16.3. The number of aryl methyl sites for hydroxylation is 1. The van der Waals surface area contributed by atoms with Crippen LogP contribution < -0.4 is 10.2 Å². The molecule has 0 radical (unpaired) electrons. The van der Waals surface area contributed by atoms with Crippen molar-refractivity contribution < 1.29 is 0 Å². The number of aromatic nitrogens is 4. The number of benzene rings is 1. The van der Waals surface area contributed by atoms with Gasteiger partial charge in [0, 0.05) is 13.6 Å². The average molecular weight is 395 g/mol. The lowest BCUT2D eigenvalue weighted by molar-refractivity contribution is 0.760. The van der Waals surface area contributed by atoms with Crippen molar-refractivity contribution in [1.29, 1.82) is 0 Å². The van der Waals surface area contributed by atoms with E-state index in [1.807, 2.05) is 41.7 Å². The molecule has 3 aromatic heterocycles. The van der Waals surface area contributed by atoms with Crippen LogP contribution in [-0.4, -0.2) is 32.9 Å². The maximum absolute atomic E-state index is 6.39. The van der Waals surface area contributed by atoms with Crippen LogP contribution in [0.5, 0.6) is 0 Å². The number of nitrogens with one attached hydrogen (secondary N) is 1. The van der Waals surface area contributed by atoms with Crippen LogP contribution in [0.3, 0.4) is 0 Å². The fourth-order valence-corrected chi connectivity index (χ4v) is 3.50. The Hall–Kier alpha value is -2.86. The van der Waals surface area contributed by atoms with E-state index in [4.69, 9.17) is 21.6 Å². The second kappa shape index (κ2) is 7.64. The molecule has 0 aliphatic carbocycles. The maximum atomic E-state index is 6.39. The van der Waals surface area contributed by atoms with Crippen molar-refractivity contribution in [2.75, 3.05) is 23.8 Å². The van der Waals surface area contributed by atoms with E-state index < -0.39 is 0 Å². The fourth-order valence-electron chi connectivity index (χ4n) is 3.24. The Bertz CT molecular complexity index is 1120. The normalized spacial score (nSPS) is 11.3. The van der Waals surface area contributed by atoms with Gasteiger partial charge >= 0.3 is 0 Å². The van der Waals surface area contributed by atoms with E-state index in [1.165, 1.54) is 0 Å². The molecule has 1 aromatic carbocycles. The third-order valence-corrected chi connectivity index (χ3v) is 5.20. The highest BCUT2D eigenvalue weighted by Crippen LogP contribution is 2.31. The number of para-hydroxylation sites is 1. The van der Waals surface area contributed by atoms with Gasteiger partial charge in [-0.1, -0.05) is 37.1 Å². The molecular weight excluding hydrogens is 372 g/mol. The Morgan fingerprint density at radius 2 is 2.04 bits per heavy atom. The molecule has 0 aliphatic heterocycles. The first kappa shape index (κ1) is 18.5. The van der Waals surface area contributed by atoms with Crippen LogP contribution in [0.15, 0.2) is 42.9 Å². The molecule has 0 atom stereocenters. The smallest absolute Gasteiger partial charge is 0.166 e. The highest BCUT2D eigenvalue weighted by atomic mass is 35.5. The molecule has 7 heteroatoms. The van der Waals surface area contributed by atoms with Crippen molar-refractivity contribution >= 4 is 45.6 Å². The van der Waals surface area contributed by atoms with E-state index in [0.29, 0.717) is 10.8 Å². The Kier molecular flexibility index (Phi) is 5.05. The molecule has 0 unspecified atom stereocenters. The van der Waals surface area contributed by atoms with Crippen molar-refractivity contribution in [3.8, 4) is 0 Å². The number of nitrogens with zero attached hydrogens (tertiary/aromatic N) is 5. The predicted molar refractivity (Wildman–Crippen MR) is 116 cm³/mol. The lowest BCUT2D eigenvalue weighted by Crippen LogP contribution is -2.19. The monoisotopic (exact) mass is 394 g/mol. The molecule has 6 nitrogen and oxygen atoms in total. The van der Waals surface area contributed by atoms with Gasteiger partial charge in [-0.15, -0.1) is 0 Å². The predicted octanol–water partition coefficient (Wildman–Crippen LogP) is 5.22. The highest BCUT2D eigenvalue weighted by Gasteiger charge is 2.14. The summed E-state index contributed by atoms with van der Waals surface area (Å²) in [5.41, 5.74) is 4.34. The van der Waals surface area contributed by atoms with Crippen LogP contribution in [0.1, 0.15) is 25.3 Å². The van der Waals surface area contributed by atoms with E-state index in [-0.39, 0.29) is 0 Å². The summed E-state index contributed by atoms with van der Waals surface area (Å²) < 4.78 is 1.97. The summed E-state index contributed by atoms with van der Waals surface area (Å²) >= 11 is 6.39. The number of rotatable bonds is 6. The summed E-state index contributed by atoms with van der Waals surface area (Å²) in [5, 5.41) is 4.04. The molecule has 144 valence electrons. The van der Waals surface area contributed by atoms with Crippen LogP contribution in [0.2, 0.25) is 5.02 Å². The molecule has 0 aliphatic rings. The average Bonchev–Trinajstić information content (AvgIpc) is 3.19. The Labute approximate surface area is 169 Å². The quantitative estimate of drug-likeness (QED) is 0.486. The second-order valence-electron chi connectivity index (χ2n) is 6.95. The molecule has 1 N–H and O–H groups in total. The molecule has 4 rings (SSSR count). The minimum Gasteiger partial charge on any atom is -0.360 e. The first-order chi connectivity index (χ1) is 13.6. The molecular formula is C21H23ClN6. The number of anilines is 3. The van der Waals surface area contributed by atoms with Gasteiger partial charge in [0.05, 0.1) is 16.9 Å². The molecule has 0 amide bonds. The van der Waals surface area contributed by atoms with E-state index in [2.05, 4.69) is 29.2 Å². The Balaban J connectivity index is 1.80. The fraction of sp³-hybridized carbons (Fsp3) is 0.286. The highest BCUT2D eigenvalue weighted by molar-refractivity contribution is 6.33. The molecule has 3 heterocycles. The minimum absolute atomic E-state index is 0.658. The van der Waals surface area contributed by atoms with Crippen LogP contribution in [-0.2, 0) is 0 Å². The molecule has 0 saturated carbocycles. The van der Waals surface area contributed by atoms with Crippen molar-refractivity contribution in [1.82, 2.24) is 19.4 Å². The van der Waals surface area contributed by atoms with E-state index in [9.17, 15) is 0 Å². The summed E-state index contributed by atoms with van der Waals surface area (Å²) in [7, 11) is 2.07. The number of hydrogen-bond donors (Lipinski definition) is 1. The number of fused-ring (bicyclic) bond motifs is 3. The molecule has 0 bridgehead atoms. The van der Waals surface area contributed by atoms with Gasteiger partial charge in [-0.3, -0.25) is 4.40 Å². The number of hydrogen-bond acceptors (Lipinski definition) is 5. The van der Waals surface area contributed by atoms with Gasteiger partial charge in [0.25, 0.3) is 0 Å². The third-order valence-electron chi connectivity index (χ3n) is 4.88. The zero-order chi connectivity index (χ0) is 19.7. The SMILES string of the molecule is CCCCN(C)c1ccc2nc(Nc3c(C)cccc3Cl)c3cncn3c2n1. The van der Waals surface area contributed by atoms with Gasteiger partial charge < -0.3 is 10.2 Å². The lowest BCUT2D eigenvalue weighted by Gasteiger charge is -2.18. The van der Waals surface area contributed by atoms with Crippen LogP contribution in [0.25, 0.3) is 16.7 Å². The maximum Gasteiger partial charge on any atom is 0.166 e.